The largest absolute Gasteiger partial charge is 0.484 e. The van der Waals surface area contributed by atoms with Crippen molar-refractivity contribution in [2.45, 2.75) is 65.1 Å². The highest BCUT2D eigenvalue weighted by Crippen LogP contribution is 2.20. The quantitative estimate of drug-likeness (QED) is 0.301. The first-order valence-corrected chi connectivity index (χ1v) is 13.3. The van der Waals surface area contributed by atoms with Crippen LogP contribution in [0.15, 0.2) is 78.9 Å². The SMILES string of the molecule is CCC(C)NC(=O)C(Cc1ccccc1)N(Cc1cccc(Cl)c1)C(=O)COc1ccc(C(C)C)cc1. The van der Waals surface area contributed by atoms with Crippen LogP contribution in [0.2, 0.25) is 5.02 Å². The molecule has 0 saturated heterocycles. The summed E-state index contributed by atoms with van der Waals surface area (Å²) in [4.78, 5) is 28.8. The average molecular weight is 521 g/mol. The van der Waals surface area contributed by atoms with Crippen molar-refractivity contribution in [1.82, 2.24) is 10.2 Å². The maximum atomic E-state index is 13.7. The Bertz CT molecular complexity index is 1150. The van der Waals surface area contributed by atoms with E-state index in [4.69, 9.17) is 16.3 Å². The lowest BCUT2D eigenvalue weighted by Gasteiger charge is -2.32. The molecule has 0 aliphatic rings. The molecule has 196 valence electrons. The number of benzene rings is 3. The van der Waals surface area contributed by atoms with E-state index < -0.39 is 6.04 Å². The van der Waals surface area contributed by atoms with Crippen LogP contribution in [-0.4, -0.2) is 35.4 Å². The van der Waals surface area contributed by atoms with E-state index in [0.29, 0.717) is 23.1 Å². The lowest BCUT2D eigenvalue weighted by molar-refractivity contribution is -0.143. The lowest BCUT2D eigenvalue weighted by Crippen LogP contribution is -2.53. The number of hydrogen-bond acceptors (Lipinski definition) is 3. The summed E-state index contributed by atoms with van der Waals surface area (Å²) in [7, 11) is 0. The third kappa shape index (κ3) is 8.64. The van der Waals surface area contributed by atoms with Gasteiger partial charge in [-0.1, -0.05) is 87.0 Å². The van der Waals surface area contributed by atoms with Gasteiger partial charge in [-0.2, -0.15) is 0 Å². The zero-order valence-electron chi connectivity index (χ0n) is 22.1. The Labute approximate surface area is 225 Å². The highest BCUT2D eigenvalue weighted by atomic mass is 35.5. The van der Waals surface area contributed by atoms with Gasteiger partial charge in [-0.3, -0.25) is 9.59 Å². The Morgan fingerprint density at radius 1 is 0.919 bits per heavy atom. The number of ether oxygens (including phenoxy) is 1. The van der Waals surface area contributed by atoms with Gasteiger partial charge in [0.1, 0.15) is 11.8 Å². The minimum atomic E-state index is -0.713. The summed E-state index contributed by atoms with van der Waals surface area (Å²) < 4.78 is 5.88. The molecule has 2 atom stereocenters. The fourth-order valence-electron chi connectivity index (χ4n) is 4.00. The summed E-state index contributed by atoms with van der Waals surface area (Å²) in [5.41, 5.74) is 3.02. The molecule has 0 aliphatic heterocycles. The Morgan fingerprint density at radius 2 is 1.59 bits per heavy atom. The van der Waals surface area contributed by atoms with Crippen molar-refractivity contribution in [3.8, 4) is 5.75 Å². The number of halogens is 1. The van der Waals surface area contributed by atoms with Gasteiger partial charge in [0.05, 0.1) is 0 Å². The summed E-state index contributed by atoms with van der Waals surface area (Å²) in [6.07, 6.45) is 1.18. The summed E-state index contributed by atoms with van der Waals surface area (Å²) in [6, 6.07) is 24.2. The molecule has 0 aromatic heterocycles. The molecule has 0 heterocycles. The van der Waals surface area contributed by atoms with Crippen LogP contribution in [0.4, 0.5) is 0 Å². The summed E-state index contributed by atoms with van der Waals surface area (Å²) in [6.45, 7) is 8.30. The van der Waals surface area contributed by atoms with E-state index in [1.807, 2.05) is 86.6 Å². The fraction of sp³-hybridized carbons (Fsp3) is 0.355. The molecule has 0 aliphatic carbocycles. The average Bonchev–Trinajstić information content (AvgIpc) is 2.90. The predicted octanol–water partition coefficient (Wildman–Crippen LogP) is 6.40. The molecule has 3 rings (SSSR count). The van der Waals surface area contributed by atoms with Crippen LogP contribution in [0, 0.1) is 0 Å². The first-order valence-electron chi connectivity index (χ1n) is 12.9. The van der Waals surface area contributed by atoms with Gasteiger partial charge in [0.25, 0.3) is 5.91 Å². The number of hydrogen-bond donors (Lipinski definition) is 1. The topological polar surface area (TPSA) is 58.6 Å². The summed E-state index contributed by atoms with van der Waals surface area (Å²) in [5.74, 6) is 0.568. The minimum Gasteiger partial charge on any atom is -0.484 e. The molecule has 0 spiro atoms. The molecule has 6 heteroatoms. The number of carbonyl (C=O) groups is 2. The standard InChI is InChI=1S/C31H37ClN2O3/c1-5-23(4)33-31(36)29(19-24-10-7-6-8-11-24)34(20-25-12-9-13-27(32)18-25)30(35)21-37-28-16-14-26(15-17-28)22(2)3/h6-18,22-23,29H,5,19-21H2,1-4H3,(H,33,36). The Kier molecular flexibility index (Phi) is 10.6. The van der Waals surface area contributed by atoms with Crippen molar-refractivity contribution < 1.29 is 14.3 Å². The molecular weight excluding hydrogens is 484 g/mol. The number of nitrogens with zero attached hydrogens (tertiary/aromatic N) is 1. The molecule has 2 amide bonds. The van der Waals surface area contributed by atoms with Crippen LogP contribution in [0.5, 0.6) is 5.75 Å². The molecule has 0 bridgehead atoms. The van der Waals surface area contributed by atoms with Gasteiger partial charge in [-0.25, -0.2) is 0 Å². The van der Waals surface area contributed by atoms with E-state index >= 15 is 0 Å². The van der Waals surface area contributed by atoms with Crippen LogP contribution in [0.1, 0.15) is 56.7 Å². The third-order valence-electron chi connectivity index (χ3n) is 6.42. The highest BCUT2D eigenvalue weighted by Gasteiger charge is 2.31. The summed E-state index contributed by atoms with van der Waals surface area (Å²) >= 11 is 6.24. The van der Waals surface area contributed by atoms with Gasteiger partial charge in [0.15, 0.2) is 6.61 Å². The van der Waals surface area contributed by atoms with E-state index in [2.05, 4.69) is 19.2 Å². The maximum absolute atomic E-state index is 13.7. The van der Waals surface area contributed by atoms with Crippen LogP contribution in [0.25, 0.3) is 0 Å². The number of amides is 2. The second-order valence-corrected chi connectivity index (χ2v) is 10.1. The van der Waals surface area contributed by atoms with Gasteiger partial charge < -0.3 is 15.0 Å². The van der Waals surface area contributed by atoms with Crippen molar-refractivity contribution in [3.63, 3.8) is 0 Å². The maximum Gasteiger partial charge on any atom is 0.261 e. The van der Waals surface area contributed by atoms with Crippen LogP contribution in [-0.2, 0) is 22.6 Å². The van der Waals surface area contributed by atoms with Gasteiger partial charge >= 0.3 is 0 Å². The molecule has 37 heavy (non-hydrogen) atoms. The van der Waals surface area contributed by atoms with Crippen molar-refractivity contribution >= 4 is 23.4 Å². The normalized spacial score (nSPS) is 12.6. The Morgan fingerprint density at radius 3 is 2.22 bits per heavy atom. The highest BCUT2D eigenvalue weighted by molar-refractivity contribution is 6.30. The van der Waals surface area contributed by atoms with E-state index in [1.54, 1.807) is 11.0 Å². The van der Waals surface area contributed by atoms with Crippen molar-refractivity contribution in [1.29, 1.82) is 0 Å². The molecule has 0 radical (unpaired) electrons. The molecule has 3 aromatic carbocycles. The number of carbonyl (C=O) groups excluding carboxylic acids is 2. The molecule has 0 fully saturated rings. The predicted molar refractivity (Wildman–Crippen MR) is 150 cm³/mol. The zero-order chi connectivity index (χ0) is 26.8. The number of rotatable bonds is 12. The molecule has 1 N–H and O–H groups in total. The lowest BCUT2D eigenvalue weighted by atomic mass is 10.0. The van der Waals surface area contributed by atoms with Crippen molar-refractivity contribution in [2.75, 3.05) is 6.61 Å². The first-order chi connectivity index (χ1) is 17.8. The smallest absolute Gasteiger partial charge is 0.261 e. The van der Waals surface area contributed by atoms with Crippen LogP contribution >= 0.6 is 11.6 Å². The van der Waals surface area contributed by atoms with Gasteiger partial charge in [-0.05, 0) is 60.2 Å². The second kappa shape index (κ2) is 13.8. The van der Waals surface area contributed by atoms with Crippen molar-refractivity contribution in [2.24, 2.45) is 0 Å². The van der Waals surface area contributed by atoms with Gasteiger partial charge in [0, 0.05) is 24.0 Å². The van der Waals surface area contributed by atoms with Crippen LogP contribution < -0.4 is 10.1 Å². The monoisotopic (exact) mass is 520 g/mol. The molecular formula is C31H37ClN2O3. The molecule has 0 saturated carbocycles. The van der Waals surface area contributed by atoms with Gasteiger partial charge in [0.2, 0.25) is 5.91 Å². The molecule has 5 nitrogen and oxygen atoms in total. The van der Waals surface area contributed by atoms with Crippen LogP contribution in [0.3, 0.4) is 0 Å². The molecule has 3 aromatic rings. The third-order valence-corrected chi connectivity index (χ3v) is 6.66. The second-order valence-electron chi connectivity index (χ2n) is 9.69. The number of nitrogens with one attached hydrogen (secondary N) is 1. The Balaban J connectivity index is 1.89. The van der Waals surface area contributed by atoms with E-state index in [1.165, 1.54) is 5.56 Å². The van der Waals surface area contributed by atoms with E-state index in [9.17, 15) is 9.59 Å². The minimum absolute atomic E-state index is 0.00961. The van der Waals surface area contributed by atoms with E-state index in [-0.39, 0.29) is 31.0 Å². The van der Waals surface area contributed by atoms with Crippen molar-refractivity contribution in [3.05, 3.63) is 101 Å². The zero-order valence-corrected chi connectivity index (χ0v) is 22.9. The first kappa shape index (κ1) is 28.3. The molecule has 2 unspecified atom stereocenters. The Hall–Kier alpha value is -3.31. The summed E-state index contributed by atoms with van der Waals surface area (Å²) in [5, 5.41) is 3.65. The fourth-order valence-corrected chi connectivity index (χ4v) is 4.22. The van der Waals surface area contributed by atoms with Gasteiger partial charge in [-0.15, -0.1) is 0 Å². The van der Waals surface area contributed by atoms with E-state index in [0.717, 1.165) is 17.5 Å².